The van der Waals surface area contributed by atoms with Gasteiger partial charge in [-0.3, -0.25) is 9.59 Å². The van der Waals surface area contributed by atoms with E-state index in [2.05, 4.69) is 10.6 Å². The van der Waals surface area contributed by atoms with Gasteiger partial charge in [0.2, 0.25) is 18.6 Å². The number of nitrogens with two attached hydrogens (primary N) is 1. The van der Waals surface area contributed by atoms with Gasteiger partial charge >= 0.3 is 0 Å². The summed E-state index contributed by atoms with van der Waals surface area (Å²) in [7, 11) is 0. The van der Waals surface area contributed by atoms with E-state index in [9.17, 15) is 9.59 Å². The third-order valence-corrected chi connectivity index (χ3v) is 2.68. The maximum Gasteiger partial charge on any atom is 0.243 e. The smallest absolute Gasteiger partial charge is 0.243 e. The van der Waals surface area contributed by atoms with Crippen LogP contribution in [-0.4, -0.2) is 31.7 Å². The third-order valence-electron chi connectivity index (χ3n) is 2.37. The van der Waals surface area contributed by atoms with Crippen LogP contribution in [0.15, 0.2) is 12.1 Å². The highest BCUT2D eigenvalue weighted by molar-refractivity contribution is 6.34. The van der Waals surface area contributed by atoms with E-state index < -0.39 is 11.8 Å². The fraction of sp³-hybridized carbons (Fsp3) is 0.273. The van der Waals surface area contributed by atoms with Crippen LogP contribution in [0.2, 0.25) is 5.02 Å². The van der Waals surface area contributed by atoms with Crippen LogP contribution < -0.4 is 25.8 Å². The van der Waals surface area contributed by atoms with Crippen molar-refractivity contribution in [1.82, 2.24) is 5.32 Å². The first-order valence-electron chi connectivity index (χ1n) is 5.46. The second kappa shape index (κ2) is 5.77. The number of fused-ring (bicyclic) bond motifs is 1. The lowest BCUT2D eigenvalue weighted by Gasteiger charge is -2.09. The van der Waals surface area contributed by atoms with Crippen molar-refractivity contribution in [1.29, 1.82) is 0 Å². The Morgan fingerprint density at radius 1 is 1.26 bits per heavy atom. The molecule has 0 aliphatic carbocycles. The topological polar surface area (TPSA) is 103 Å². The van der Waals surface area contributed by atoms with Gasteiger partial charge in [0, 0.05) is 12.1 Å². The van der Waals surface area contributed by atoms with E-state index in [1.165, 1.54) is 0 Å². The Bertz CT molecular complexity index is 521. The lowest BCUT2D eigenvalue weighted by Crippen LogP contribution is -2.36. The normalized spacial score (nSPS) is 12.1. The first-order valence-corrected chi connectivity index (χ1v) is 5.83. The Hall–Kier alpha value is -1.99. The minimum Gasteiger partial charge on any atom is -0.454 e. The summed E-state index contributed by atoms with van der Waals surface area (Å²) in [5, 5.41) is 5.23. The minimum atomic E-state index is -0.414. The van der Waals surface area contributed by atoms with Gasteiger partial charge < -0.3 is 25.8 Å². The van der Waals surface area contributed by atoms with Crippen LogP contribution in [-0.2, 0) is 9.59 Å². The van der Waals surface area contributed by atoms with Gasteiger partial charge in [-0.25, -0.2) is 0 Å². The molecule has 4 N–H and O–H groups in total. The van der Waals surface area contributed by atoms with Crippen molar-refractivity contribution in [2.75, 3.05) is 25.2 Å². The minimum absolute atomic E-state index is 0.121. The van der Waals surface area contributed by atoms with Crippen molar-refractivity contribution >= 4 is 29.1 Å². The molecule has 19 heavy (non-hydrogen) atoms. The van der Waals surface area contributed by atoms with Crippen molar-refractivity contribution in [2.24, 2.45) is 5.73 Å². The van der Waals surface area contributed by atoms with E-state index in [-0.39, 0.29) is 19.9 Å². The summed E-state index contributed by atoms with van der Waals surface area (Å²) in [6.45, 7) is -0.228. The van der Waals surface area contributed by atoms with Crippen LogP contribution in [0.3, 0.4) is 0 Å². The Kier molecular flexibility index (Phi) is 4.08. The van der Waals surface area contributed by atoms with Gasteiger partial charge in [0.1, 0.15) is 0 Å². The first-order chi connectivity index (χ1) is 9.10. The summed E-state index contributed by atoms with van der Waals surface area (Å²) >= 11 is 5.98. The fourth-order valence-corrected chi connectivity index (χ4v) is 1.66. The predicted molar refractivity (Wildman–Crippen MR) is 68.3 cm³/mol. The third kappa shape index (κ3) is 3.27. The quantitative estimate of drug-likeness (QED) is 0.727. The molecule has 1 heterocycles. The van der Waals surface area contributed by atoms with Crippen LogP contribution in [0.5, 0.6) is 11.5 Å². The zero-order valence-electron chi connectivity index (χ0n) is 9.86. The number of carbonyl (C=O) groups excluding carboxylic acids is 2. The number of hydrogen-bond acceptors (Lipinski definition) is 5. The molecule has 1 aliphatic heterocycles. The summed E-state index contributed by atoms with van der Waals surface area (Å²) in [4.78, 5) is 22.5. The van der Waals surface area contributed by atoms with E-state index in [1.807, 2.05) is 0 Å². The van der Waals surface area contributed by atoms with Gasteiger partial charge in [-0.05, 0) is 0 Å². The lowest BCUT2D eigenvalue weighted by atomic mass is 10.2. The van der Waals surface area contributed by atoms with Crippen molar-refractivity contribution in [3.8, 4) is 11.5 Å². The molecular weight excluding hydrogens is 274 g/mol. The molecule has 1 aromatic carbocycles. The largest absolute Gasteiger partial charge is 0.454 e. The van der Waals surface area contributed by atoms with Gasteiger partial charge in [0.15, 0.2) is 11.5 Å². The second-order valence-corrected chi connectivity index (χ2v) is 4.12. The Morgan fingerprint density at radius 2 is 1.95 bits per heavy atom. The Labute approximate surface area is 114 Å². The van der Waals surface area contributed by atoms with Crippen molar-refractivity contribution in [3.05, 3.63) is 17.2 Å². The number of nitrogens with one attached hydrogen (secondary N) is 2. The molecule has 2 amide bonds. The lowest BCUT2D eigenvalue weighted by molar-refractivity contribution is -0.123. The van der Waals surface area contributed by atoms with E-state index in [4.69, 9.17) is 26.8 Å². The maximum absolute atomic E-state index is 11.6. The van der Waals surface area contributed by atoms with Crippen LogP contribution in [0.25, 0.3) is 0 Å². The molecule has 0 bridgehead atoms. The zero-order valence-corrected chi connectivity index (χ0v) is 10.6. The average molecular weight is 286 g/mol. The molecule has 0 radical (unpaired) electrons. The molecule has 102 valence electrons. The molecule has 0 saturated heterocycles. The number of anilines is 1. The highest BCUT2D eigenvalue weighted by Gasteiger charge is 2.17. The highest BCUT2D eigenvalue weighted by atomic mass is 35.5. The monoisotopic (exact) mass is 285 g/mol. The molecule has 0 fully saturated rings. The highest BCUT2D eigenvalue weighted by Crippen LogP contribution is 2.39. The van der Waals surface area contributed by atoms with Crippen molar-refractivity contribution < 1.29 is 19.1 Å². The summed E-state index contributed by atoms with van der Waals surface area (Å²) in [5.41, 5.74) is 5.49. The molecule has 0 atom stereocenters. The van der Waals surface area contributed by atoms with Gasteiger partial charge in [-0.15, -0.1) is 0 Å². The number of halogens is 1. The van der Waals surface area contributed by atoms with Gasteiger partial charge in [0.05, 0.1) is 23.8 Å². The SMILES string of the molecule is NCC(=O)NCC(=O)Nc1cc2c(cc1Cl)OCO2. The molecular formula is C11H12ClN3O4. The fourth-order valence-electron chi connectivity index (χ4n) is 1.46. The number of amides is 2. The molecule has 0 aromatic heterocycles. The summed E-state index contributed by atoms with van der Waals surface area (Å²) in [5.74, 6) is 0.208. The summed E-state index contributed by atoms with van der Waals surface area (Å²) < 4.78 is 10.3. The molecule has 1 aliphatic rings. The molecule has 0 spiro atoms. The van der Waals surface area contributed by atoms with Gasteiger partial charge in [-0.1, -0.05) is 11.6 Å². The van der Waals surface area contributed by atoms with E-state index in [0.717, 1.165) is 0 Å². The van der Waals surface area contributed by atoms with Crippen LogP contribution in [0.4, 0.5) is 5.69 Å². The molecule has 0 saturated carbocycles. The van der Waals surface area contributed by atoms with Crippen LogP contribution in [0.1, 0.15) is 0 Å². The molecule has 8 heteroatoms. The average Bonchev–Trinajstić information content (AvgIpc) is 2.83. The van der Waals surface area contributed by atoms with Crippen molar-refractivity contribution in [3.63, 3.8) is 0 Å². The van der Waals surface area contributed by atoms with E-state index >= 15 is 0 Å². The van der Waals surface area contributed by atoms with Gasteiger partial charge in [-0.2, -0.15) is 0 Å². The van der Waals surface area contributed by atoms with Crippen LogP contribution in [0, 0.1) is 0 Å². The molecule has 0 unspecified atom stereocenters. The Balaban J connectivity index is 1.99. The summed E-state index contributed by atoms with van der Waals surface area (Å²) in [6, 6.07) is 3.12. The number of rotatable bonds is 4. The van der Waals surface area contributed by atoms with E-state index in [0.29, 0.717) is 22.2 Å². The first kappa shape index (κ1) is 13.4. The number of ether oxygens (including phenoxy) is 2. The molecule has 2 rings (SSSR count). The zero-order chi connectivity index (χ0) is 13.8. The number of hydrogen-bond donors (Lipinski definition) is 3. The van der Waals surface area contributed by atoms with Crippen molar-refractivity contribution in [2.45, 2.75) is 0 Å². The second-order valence-electron chi connectivity index (χ2n) is 3.71. The number of benzene rings is 1. The molecule has 1 aromatic rings. The number of carbonyl (C=O) groups is 2. The van der Waals surface area contributed by atoms with Gasteiger partial charge in [0.25, 0.3) is 0 Å². The Morgan fingerprint density at radius 3 is 2.63 bits per heavy atom. The maximum atomic E-state index is 11.6. The van der Waals surface area contributed by atoms with E-state index in [1.54, 1.807) is 12.1 Å². The predicted octanol–water partition coefficient (Wildman–Crippen LogP) is 0.0821. The summed E-state index contributed by atoms with van der Waals surface area (Å²) in [6.07, 6.45) is 0. The van der Waals surface area contributed by atoms with Crippen LogP contribution >= 0.6 is 11.6 Å². The molecule has 7 nitrogen and oxygen atoms in total. The standard InChI is InChI=1S/C11H12ClN3O4/c12-6-1-8-9(19-5-18-8)2-7(6)15-11(17)4-14-10(16)3-13/h1-2H,3-5,13H2,(H,14,16)(H,15,17).